The third-order valence-corrected chi connectivity index (χ3v) is 3.15. The Labute approximate surface area is 126 Å². The Morgan fingerprint density at radius 3 is 2.80 bits per heavy atom. The second-order valence-electron chi connectivity index (χ2n) is 3.59. The highest BCUT2D eigenvalue weighted by Gasteiger charge is 2.16. The molecule has 20 heavy (non-hydrogen) atoms. The number of nitro benzene ring substituents is 1. The highest BCUT2D eigenvalue weighted by Crippen LogP contribution is 2.23. The van der Waals surface area contributed by atoms with E-state index in [2.05, 4.69) is 31.2 Å². The molecule has 102 valence electrons. The third-order valence-electron chi connectivity index (χ3n) is 2.27. The van der Waals surface area contributed by atoms with Crippen LogP contribution in [-0.2, 0) is 0 Å². The van der Waals surface area contributed by atoms with Gasteiger partial charge in [0, 0.05) is 22.8 Å². The Bertz CT molecular complexity index is 695. The van der Waals surface area contributed by atoms with Gasteiger partial charge in [0.25, 0.3) is 11.6 Å². The second kappa shape index (κ2) is 5.93. The molecular formula is C11H6BrClN4O3. The zero-order valence-electron chi connectivity index (χ0n) is 9.71. The molecule has 0 fully saturated rings. The molecule has 1 aromatic heterocycles. The van der Waals surface area contributed by atoms with E-state index in [-0.39, 0.29) is 22.4 Å². The molecule has 0 saturated heterocycles. The average molecular weight is 358 g/mol. The largest absolute Gasteiger partial charge is 0.306 e. The van der Waals surface area contributed by atoms with Gasteiger partial charge in [0.2, 0.25) is 5.28 Å². The smallest absolute Gasteiger partial charge is 0.270 e. The van der Waals surface area contributed by atoms with Crippen LogP contribution in [-0.4, -0.2) is 20.8 Å². The van der Waals surface area contributed by atoms with Crippen LogP contribution in [0, 0.1) is 10.1 Å². The van der Waals surface area contributed by atoms with E-state index in [0.717, 1.165) is 0 Å². The predicted octanol–water partition coefficient (Wildman–Crippen LogP) is 3.05. The summed E-state index contributed by atoms with van der Waals surface area (Å²) in [6.07, 6.45) is 1.38. The van der Waals surface area contributed by atoms with E-state index in [9.17, 15) is 14.9 Å². The topological polar surface area (TPSA) is 98.0 Å². The van der Waals surface area contributed by atoms with Crippen molar-refractivity contribution in [3.8, 4) is 0 Å². The maximum absolute atomic E-state index is 12.1. The summed E-state index contributed by atoms with van der Waals surface area (Å²) in [4.78, 5) is 29.7. The third kappa shape index (κ3) is 3.28. The lowest BCUT2D eigenvalue weighted by atomic mass is 10.2. The number of aromatic nitrogens is 2. The second-order valence-corrected chi connectivity index (χ2v) is 4.78. The fourth-order valence-corrected chi connectivity index (χ4v) is 1.96. The number of hydrogen-bond donors (Lipinski definition) is 1. The number of halogens is 2. The van der Waals surface area contributed by atoms with Crippen molar-refractivity contribution in [2.45, 2.75) is 0 Å². The van der Waals surface area contributed by atoms with Crippen LogP contribution in [0.15, 0.2) is 34.9 Å². The van der Waals surface area contributed by atoms with Gasteiger partial charge in [-0.25, -0.2) is 9.97 Å². The Morgan fingerprint density at radius 1 is 1.40 bits per heavy atom. The number of hydrogen-bond acceptors (Lipinski definition) is 5. The van der Waals surface area contributed by atoms with E-state index in [0.29, 0.717) is 4.47 Å². The minimum Gasteiger partial charge on any atom is -0.306 e. The first-order valence-corrected chi connectivity index (χ1v) is 6.38. The van der Waals surface area contributed by atoms with Crippen LogP contribution in [0.25, 0.3) is 0 Å². The number of nitrogens with zero attached hydrogens (tertiary/aromatic N) is 3. The Balaban J connectivity index is 2.29. The van der Waals surface area contributed by atoms with Gasteiger partial charge in [-0.15, -0.1) is 0 Å². The summed E-state index contributed by atoms with van der Waals surface area (Å²) in [5, 5.41) is 13.2. The molecule has 0 aliphatic heterocycles. The van der Waals surface area contributed by atoms with Crippen molar-refractivity contribution in [1.29, 1.82) is 0 Å². The lowest BCUT2D eigenvalue weighted by molar-refractivity contribution is -0.384. The van der Waals surface area contributed by atoms with E-state index in [1.54, 1.807) is 0 Å². The highest BCUT2D eigenvalue weighted by molar-refractivity contribution is 9.10. The maximum Gasteiger partial charge on any atom is 0.270 e. The molecule has 0 saturated carbocycles. The minimum absolute atomic E-state index is 0.0130. The molecule has 0 atom stereocenters. The molecule has 1 aromatic carbocycles. The summed E-state index contributed by atoms with van der Waals surface area (Å²) in [6, 6.07) is 5.35. The van der Waals surface area contributed by atoms with Crippen molar-refractivity contribution in [2.75, 3.05) is 5.32 Å². The first-order chi connectivity index (χ1) is 9.47. The zero-order chi connectivity index (χ0) is 14.7. The minimum atomic E-state index is -0.579. The summed E-state index contributed by atoms with van der Waals surface area (Å²) in [7, 11) is 0. The fourth-order valence-electron chi connectivity index (χ4n) is 1.39. The molecule has 0 unspecified atom stereocenters. The van der Waals surface area contributed by atoms with Crippen molar-refractivity contribution in [2.24, 2.45) is 0 Å². The van der Waals surface area contributed by atoms with Crippen LogP contribution >= 0.6 is 27.5 Å². The van der Waals surface area contributed by atoms with Crippen LogP contribution in [0.4, 0.5) is 11.5 Å². The van der Waals surface area contributed by atoms with Crippen molar-refractivity contribution >= 4 is 44.9 Å². The molecule has 0 spiro atoms. The number of nitro groups is 1. The van der Waals surface area contributed by atoms with Crippen molar-refractivity contribution < 1.29 is 9.72 Å². The lowest BCUT2D eigenvalue weighted by Crippen LogP contribution is -2.14. The fraction of sp³-hybridized carbons (Fsp3) is 0. The quantitative estimate of drug-likeness (QED) is 0.517. The monoisotopic (exact) mass is 356 g/mol. The molecule has 2 aromatic rings. The number of rotatable bonds is 3. The Morgan fingerprint density at radius 2 is 2.15 bits per heavy atom. The number of carbonyl (C=O) groups excluding carboxylic acids is 1. The number of benzene rings is 1. The van der Waals surface area contributed by atoms with Gasteiger partial charge in [-0.1, -0.05) is 0 Å². The van der Waals surface area contributed by atoms with E-state index in [1.165, 1.54) is 30.5 Å². The Hall–Kier alpha value is -2.06. The number of non-ortho nitro benzene ring substituents is 1. The van der Waals surface area contributed by atoms with Gasteiger partial charge in [-0.2, -0.15) is 0 Å². The van der Waals surface area contributed by atoms with Gasteiger partial charge in [-0.05, 0) is 39.7 Å². The first-order valence-electron chi connectivity index (χ1n) is 5.21. The molecule has 1 N–H and O–H groups in total. The Kier molecular flexibility index (Phi) is 4.26. The first kappa shape index (κ1) is 14.4. The molecule has 1 heterocycles. The molecule has 0 aliphatic carbocycles. The van der Waals surface area contributed by atoms with Gasteiger partial charge in [0.05, 0.1) is 10.5 Å². The van der Waals surface area contributed by atoms with E-state index < -0.39 is 10.8 Å². The summed E-state index contributed by atoms with van der Waals surface area (Å²) >= 11 is 8.77. The summed E-state index contributed by atoms with van der Waals surface area (Å²) in [6.45, 7) is 0. The standard InChI is InChI=1S/C11H6BrClN4O3/c12-8-2-1-6(17(19)20)5-7(8)10(18)15-9-3-4-14-11(13)16-9/h1-5H,(H,14,15,16,18). The van der Waals surface area contributed by atoms with Gasteiger partial charge >= 0.3 is 0 Å². The van der Waals surface area contributed by atoms with Gasteiger partial charge in [0.1, 0.15) is 5.82 Å². The molecular weight excluding hydrogens is 352 g/mol. The van der Waals surface area contributed by atoms with E-state index in [4.69, 9.17) is 11.6 Å². The number of anilines is 1. The molecule has 2 rings (SSSR count). The summed E-state index contributed by atoms with van der Waals surface area (Å²) in [5.74, 6) is -0.344. The lowest BCUT2D eigenvalue weighted by Gasteiger charge is -2.06. The molecule has 1 amide bonds. The molecule has 0 bridgehead atoms. The van der Waals surface area contributed by atoms with Crippen LogP contribution < -0.4 is 5.32 Å². The van der Waals surface area contributed by atoms with Gasteiger partial charge in [0.15, 0.2) is 0 Å². The van der Waals surface area contributed by atoms with E-state index >= 15 is 0 Å². The van der Waals surface area contributed by atoms with Crippen LogP contribution in [0.5, 0.6) is 0 Å². The van der Waals surface area contributed by atoms with E-state index in [1.807, 2.05) is 0 Å². The van der Waals surface area contributed by atoms with Gasteiger partial charge < -0.3 is 5.32 Å². The van der Waals surface area contributed by atoms with Crippen LogP contribution in [0.1, 0.15) is 10.4 Å². The normalized spacial score (nSPS) is 10.1. The van der Waals surface area contributed by atoms with Crippen LogP contribution in [0.3, 0.4) is 0 Å². The van der Waals surface area contributed by atoms with Crippen molar-refractivity contribution in [3.63, 3.8) is 0 Å². The predicted molar refractivity (Wildman–Crippen MR) is 75.8 cm³/mol. The maximum atomic E-state index is 12.1. The summed E-state index contributed by atoms with van der Waals surface area (Å²) < 4.78 is 0.431. The zero-order valence-corrected chi connectivity index (χ0v) is 12.1. The molecule has 9 heteroatoms. The molecule has 7 nitrogen and oxygen atoms in total. The average Bonchev–Trinajstić information content (AvgIpc) is 2.38. The number of carbonyl (C=O) groups is 1. The number of nitrogens with one attached hydrogen (secondary N) is 1. The SMILES string of the molecule is O=C(Nc1ccnc(Cl)n1)c1cc([N+](=O)[O-])ccc1Br. The van der Waals surface area contributed by atoms with Crippen molar-refractivity contribution in [3.05, 3.63) is 55.9 Å². The van der Waals surface area contributed by atoms with Crippen LogP contribution in [0.2, 0.25) is 5.28 Å². The van der Waals surface area contributed by atoms with Gasteiger partial charge in [-0.3, -0.25) is 14.9 Å². The molecule has 0 aliphatic rings. The number of amides is 1. The van der Waals surface area contributed by atoms with Crippen molar-refractivity contribution in [1.82, 2.24) is 9.97 Å². The summed E-state index contributed by atoms with van der Waals surface area (Å²) in [5.41, 5.74) is -0.0620. The highest BCUT2D eigenvalue weighted by atomic mass is 79.9. The molecule has 0 radical (unpaired) electrons.